The van der Waals surface area contributed by atoms with E-state index in [1.165, 1.54) is 0 Å². The van der Waals surface area contributed by atoms with Crippen LogP contribution in [-0.4, -0.2) is 21.8 Å². The maximum absolute atomic E-state index is 12.4. The van der Waals surface area contributed by atoms with E-state index >= 15 is 0 Å². The summed E-state index contributed by atoms with van der Waals surface area (Å²) in [5.41, 5.74) is 2.90. The lowest BCUT2D eigenvalue weighted by Gasteiger charge is -2.09. The first-order valence-corrected chi connectivity index (χ1v) is 7.90. The number of carbonyl (C=O) groups excluding carboxylic acids is 1. The molecular weight excluding hydrogens is 302 g/mol. The van der Waals surface area contributed by atoms with Crippen LogP contribution in [0.25, 0.3) is 0 Å². The van der Waals surface area contributed by atoms with Crippen LogP contribution in [0.15, 0.2) is 67.0 Å². The summed E-state index contributed by atoms with van der Waals surface area (Å²) >= 11 is 0. The van der Waals surface area contributed by atoms with E-state index in [2.05, 4.69) is 10.4 Å². The van der Waals surface area contributed by atoms with Gasteiger partial charge < -0.3 is 10.1 Å². The SMILES string of the molecule is O=C(Nc1cnn(Cc2ccccc2)c1)C1Cc2ccccc2O1. The second-order valence-corrected chi connectivity index (χ2v) is 5.82. The molecule has 1 amide bonds. The second kappa shape index (κ2) is 6.20. The molecule has 0 aliphatic carbocycles. The zero-order valence-corrected chi connectivity index (χ0v) is 13.1. The van der Waals surface area contributed by atoms with Crippen molar-refractivity contribution in [1.82, 2.24) is 9.78 Å². The smallest absolute Gasteiger partial charge is 0.265 e. The van der Waals surface area contributed by atoms with Gasteiger partial charge in [-0.15, -0.1) is 0 Å². The highest BCUT2D eigenvalue weighted by Crippen LogP contribution is 2.28. The molecule has 0 bridgehead atoms. The van der Waals surface area contributed by atoms with Gasteiger partial charge in [-0.05, 0) is 17.2 Å². The summed E-state index contributed by atoms with van der Waals surface area (Å²) in [5, 5.41) is 7.17. The van der Waals surface area contributed by atoms with Gasteiger partial charge in [-0.3, -0.25) is 9.48 Å². The van der Waals surface area contributed by atoms with Crippen molar-refractivity contribution in [2.24, 2.45) is 0 Å². The van der Waals surface area contributed by atoms with Crippen molar-refractivity contribution in [3.8, 4) is 5.75 Å². The Labute approximate surface area is 139 Å². The third-order valence-electron chi connectivity index (χ3n) is 4.03. The third kappa shape index (κ3) is 3.01. The molecular formula is C19H17N3O2. The molecule has 2 aromatic carbocycles. The lowest BCUT2D eigenvalue weighted by molar-refractivity contribution is -0.122. The van der Waals surface area contributed by atoms with Crippen LogP contribution in [-0.2, 0) is 17.8 Å². The summed E-state index contributed by atoms with van der Waals surface area (Å²) in [6.07, 6.45) is 3.59. The molecule has 1 aromatic heterocycles. The van der Waals surface area contributed by atoms with Crippen molar-refractivity contribution in [2.75, 3.05) is 5.32 Å². The number of aromatic nitrogens is 2. The minimum Gasteiger partial charge on any atom is -0.480 e. The zero-order valence-electron chi connectivity index (χ0n) is 13.1. The number of amides is 1. The number of anilines is 1. The maximum atomic E-state index is 12.4. The van der Waals surface area contributed by atoms with Crippen molar-refractivity contribution < 1.29 is 9.53 Å². The van der Waals surface area contributed by atoms with Crippen LogP contribution in [0.1, 0.15) is 11.1 Å². The van der Waals surface area contributed by atoms with E-state index in [1.807, 2.05) is 60.8 Å². The molecule has 4 rings (SSSR count). The Kier molecular flexibility index (Phi) is 3.75. The van der Waals surface area contributed by atoms with E-state index in [-0.39, 0.29) is 5.91 Å². The molecule has 5 nitrogen and oxygen atoms in total. The van der Waals surface area contributed by atoms with Gasteiger partial charge in [-0.2, -0.15) is 5.10 Å². The van der Waals surface area contributed by atoms with Crippen LogP contribution in [0.4, 0.5) is 5.69 Å². The number of ether oxygens (including phenoxy) is 1. The third-order valence-corrected chi connectivity index (χ3v) is 4.03. The number of fused-ring (bicyclic) bond motifs is 1. The quantitative estimate of drug-likeness (QED) is 0.804. The average Bonchev–Trinajstić information content (AvgIpc) is 3.22. The number of para-hydroxylation sites is 1. The molecule has 1 unspecified atom stereocenters. The van der Waals surface area contributed by atoms with Crippen molar-refractivity contribution >= 4 is 11.6 Å². The normalized spacial score (nSPS) is 15.6. The maximum Gasteiger partial charge on any atom is 0.265 e. The molecule has 5 heteroatoms. The summed E-state index contributed by atoms with van der Waals surface area (Å²) in [7, 11) is 0. The van der Waals surface area contributed by atoms with Crippen LogP contribution < -0.4 is 10.1 Å². The van der Waals surface area contributed by atoms with E-state index in [0.717, 1.165) is 16.9 Å². The summed E-state index contributed by atoms with van der Waals surface area (Å²) in [4.78, 5) is 12.4. The Morgan fingerprint density at radius 1 is 1.17 bits per heavy atom. The molecule has 1 N–H and O–H groups in total. The largest absolute Gasteiger partial charge is 0.480 e. The van der Waals surface area contributed by atoms with E-state index < -0.39 is 6.10 Å². The molecule has 0 saturated carbocycles. The minimum atomic E-state index is -0.486. The average molecular weight is 319 g/mol. The van der Waals surface area contributed by atoms with E-state index in [4.69, 9.17) is 4.74 Å². The highest BCUT2D eigenvalue weighted by atomic mass is 16.5. The fourth-order valence-corrected chi connectivity index (χ4v) is 2.84. The minimum absolute atomic E-state index is 0.148. The number of carbonyl (C=O) groups is 1. The van der Waals surface area contributed by atoms with Gasteiger partial charge in [-0.1, -0.05) is 48.5 Å². The fraction of sp³-hybridized carbons (Fsp3) is 0.158. The van der Waals surface area contributed by atoms with E-state index in [1.54, 1.807) is 10.9 Å². The molecule has 2 heterocycles. The van der Waals surface area contributed by atoms with Gasteiger partial charge in [-0.25, -0.2) is 0 Å². The first kappa shape index (κ1) is 14.5. The molecule has 120 valence electrons. The molecule has 24 heavy (non-hydrogen) atoms. The lowest BCUT2D eigenvalue weighted by Crippen LogP contribution is -2.31. The first-order valence-electron chi connectivity index (χ1n) is 7.90. The monoisotopic (exact) mass is 319 g/mol. The molecule has 0 fully saturated rings. The van der Waals surface area contributed by atoms with E-state index in [0.29, 0.717) is 18.7 Å². The highest BCUT2D eigenvalue weighted by Gasteiger charge is 2.28. The number of benzene rings is 2. The summed E-state index contributed by atoms with van der Waals surface area (Å²) in [5.74, 6) is 0.642. The van der Waals surface area contributed by atoms with Crippen molar-refractivity contribution in [1.29, 1.82) is 0 Å². The summed E-state index contributed by atoms with van der Waals surface area (Å²) < 4.78 is 7.50. The standard InChI is InChI=1S/C19H17N3O2/c23-19(18-10-15-8-4-5-9-17(15)24-18)21-16-11-20-22(13-16)12-14-6-2-1-3-7-14/h1-9,11,13,18H,10,12H2,(H,21,23). The Hall–Kier alpha value is -3.08. The Morgan fingerprint density at radius 2 is 1.96 bits per heavy atom. The van der Waals surface area contributed by atoms with Crippen LogP contribution in [0.2, 0.25) is 0 Å². The molecule has 0 radical (unpaired) electrons. The van der Waals surface area contributed by atoms with Gasteiger partial charge in [0, 0.05) is 12.6 Å². The Morgan fingerprint density at radius 3 is 2.79 bits per heavy atom. The van der Waals surface area contributed by atoms with Crippen molar-refractivity contribution in [2.45, 2.75) is 19.1 Å². The molecule has 1 atom stereocenters. The Balaban J connectivity index is 1.39. The number of nitrogens with one attached hydrogen (secondary N) is 1. The predicted molar refractivity (Wildman–Crippen MR) is 91.0 cm³/mol. The number of hydrogen-bond donors (Lipinski definition) is 1. The number of nitrogens with zero attached hydrogens (tertiary/aromatic N) is 2. The zero-order chi connectivity index (χ0) is 16.4. The van der Waals surface area contributed by atoms with Gasteiger partial charge in [0.05, 0.1) is 18.4 Å². The topological polar surface area (TPSA) is 56.2 Å². The van der Waals surface area contributed by atoms with Crippen LogP contribution in [0, 0.1) is 0 Å². The molecule has 0 spiro atoms. The highest BCUT2D eigenvalue weighted by molar-refractivity contribution is 5.94. The van der Waals surface area contributed by atoms with Gasteiger partial charge in [0.2, 0.25) is 0 Å². The van der Waals surface area contributed by atoms with Gasteiger partial charge in [0.1, 0.15) is 5.75 Å². The van der Waals surface area contributed by atoms with Crippen LogP contribution in [0.5, 0.6) is 5.75 Å². The lowest BCUT2D eigenvalue weighted by atomic mass is 10.1. The molecule has 1 aliphatic rings. The van der Waals surface area contributed by atoms with Crippen molar-refractivity contribution in [3.63, 3.8) is 0 Å². The van der Waals surface area contributed by atoms with Crippen LogP contribution >= 0.6 is 0 Å². The number of hydrogen-bond acceptors (Lipinski definition) is 3. The van der Waals surface area contributed by atoms with Crippen LogP contribution in [0.3, 0.4) is 0 Å². The second-order valence-electron chi connectivity index (χ2n) is 5.82. The van der Waals surface area contributed by atoms with Gasteiger partial charge in [0.25, 0.3) is 5.91 Å². The molecule has 3 aromatic rings. The predicted octanol–water partition coefficient (Wildman–Crippen LogP) is 2.87. The Bertz CT molecular complexity index is 833. The first-order chi connectivity index (χ1) is 11.8. The van der Waals surface area contributed by atoms with E-state index in [9.17, 15) is 4.79 Å². The fourth-order valence-electron chi connectivity index (χ4n) is 2.84. The molecule has 1 aliphatic heterocycles. The summed E-state index contributed by atoms with van der Waals surface area (Å²) in [6.45, 7) is 0.669. The van der Waals surface area contributed by atoms with Crippen molar-refractivity contribution in [3.05, 3.63) is 78.1 Å². The number of rotatable bonds is 4. The van der Waals surface area contributed by atoms with Gasteiger partial charge >= 0.3 is 0 Å². The van der Waals surface area contributed by atoms with Gasteiger partial charge in [0.15, 0.2) is 6.10 Å². The summed E-state index contributed by atoms with van der Waals surface area (Å²) in [6, 6.07) is 17.8. The molecule has 0 saturated heterocycles.